The van der Waals surface area contributed by atoms with Gasteiger partial charge >= 0.3 is 0 Å². The van der Waals surface area contributed by atoms with Gasteiger partial charge in [-0.15, -0.1) is 0 Å². The Morgan fingerprint density at radius 3 is 2.67 bits per heavy atom. The Balaban J connectivity index is 2.53. The van der Waals surface area contributed by atoms with Crippen LogP contribution in [-0.2, 0) is 0 Å². The molecule has 0 saturated carbocycles. The number of pyridine rings is 1. The normalized spacial score (nSPS) is 10.2. The Bertz CT molecular complexity index is 711. The van der Waals surface area contributed by atoms with Gasteiger partial charge in [-0.2, -0.15) is 5.26 Å². The third-order valence-electron chi connectivity index (χ3n) is 2.77. The number of nitrogens with zero attached hydrogens (tertiary/aromatic N) is 2. The highest BCUT2D eigenvalue weighted by Crippen LogP contribution is 2.33. The van der Waals surface area contributed by atoms with E-state index in [2.05, 4.69) is 10.3 Å². The van der Waals surface area contributed by atoms with Gasteiger partial charge in [-0.25, -0.2) is 9.37 Å². The number of rotatable bonds is 4. The van der Waals surface area contributed by atoms with Gasteiger partial charge in [0.25, 0.3) is 0 Å². The minimum atomic E-state index is -0.514. The predicted octanol–water partition coefficient (Wildman–Crippen LogP) is 4.89. The van der Waals surface area contributed by atoms with Crippen molar-refractivity contribution < 1.29 is 4.39 Å². The molecule has 0 unspecified atom stereocenters. The Labute approximate surface area is 132 Å². The molecule has 0 radical (unpaired) electrons. The van der Waals surface area contributed by atoms with Gasteiger partial charge in [0.05, 0.1) is 27.4 Å². The zero-order chi connectivity index (χ0) is 15.4. The molecule has 0 amide bonds. The van der Waals surface area contributed by atoms with Gasteiger partial charge in [0.15, 0.2) is 0 Å². The maximum Gasteiger partial charge on any atom is 0.145 e. The molecule has 1 aromatic heterocycles. The summed E-state index contributed by atoms with van der Waals surface area (Å²) in [6.45, 7) is 2.73. The lowest BCUT2D eigenvalue weighted by molar-refractivity contribution is 0.628. The summed E-state index contributed by atoms with van der Waals surface area (Å²) < 4.78 is 13.6. The van der Waals surface area contributed by atoms with Crippen molar-refractivity contribution in [1.29, 1.82) is 5.26 Å². The molecule has 1 aromatic carbocycles. The fraction of sp³-hybridized carbons (Fsp3) is 0.200. The molecule has 0 spiro atoms. The van der Waals surface area contributed by atoms with Gasteiger partial charge in [-0.05, 0) is 30.7 Å². The van der Waals surface area contributed by atoms with Crippen molar-refractivity contribution in [1.82, 2.24) is 4.98 Å². The molecule has 108 valence electrons. The maximum absolute atomic E-state index is 13.6. The van der Waals surface area contributed by atoms with Crippen molar-refractivity contribution in [3.05, 3.63) is 45.7 Å². The van der Waals surface area contributed by atoms with Crippen LogP contribution in [0, 0.1) is 17.1 Å². The lowest BCUT2D eigenvalue weighted by Gasteiger charge is -2.11. The van der Waals surface area contributed by atoms with Crippen molar-refractivity contribution >= 4 is 29.0 Å². The second-order valence-corrected chi connectivity index (χ2v) is 5.23. The van der Waals surface area contributed by atoms with Gasteiger partial charge in [0, 0.05) is 12.1 Å². The van der Waals surface area contributed by atoms with E-state index in [0.717, 1.165) is 12.5 Å². The van der Waals surface area contributed by atoms with Crippen LogP contribution in [-0.4, -0.2) is 11.5 Å². The smallest absolute Gasteiger partial charge is 0.145 e. The second-order valence-electron chi connectivity index (χ2n) is 4.42. The molecular weight excluding hydrogens is 312 g/mol. The second kappa shape index (κ2) is 6.75. The van der Waals surface area contributed by atoms with Gasteiger partial charge in [-0.3, -0.25) is 0 Å². The molecule has 1 N–H and O–H groups in total. The van der Waals surface area contributed by atoms with Crippen LogP contribution in [0.4, 0.5) is 10.2 Å². The number of nitriles is 1. The van der Waals surface area contributed by atoms with E-state index in [-0.39, 0.29) is 5.56 Å². The molecule has 3 nitrogen and oxygen atoms in total. The minimum absolute atomic E-state index is 0.209. The number of halogens is 3. The summed E-state index contributed by atoms with van der Waals surface area (Å²) in [4.78, 5) is 4.35. The van der Waals surface area contributed by atoms with Gasteiger partial charge in [0.2, 0.25) is 0 Å². The van der Waals surface area contributed by atoms with Crippen LogP contribution in [0.2, 0.25) is 10.0 Å². The first-order valence-corrected chi connectivity index (χ1v) is 7.11. The van der Waals surface area contributed by atoms with Crippen LogP contribution < -0.4 is 5.32 Å². The predicted molar refractivity (Wildman–Crippen MR) is 83.1 cm³/mol. The fourth-order valence-electron chi connectivity index (χ4n) is 1.83. The number of benzene rings is 1. The summed E-state index contributed by atoms with van der Waals surface area (Å²) in [6.07, 6.45) is 0.911. The monoisotopic (exact) mass is 323 g/mol. The first-order valence-electron chi connectivity index (χ1n) is 6.36. The molecule has 2 aromatic rings. The van der Waals surface area contributed by atoms with Crippen molar-refractivity contribution in [3.63, 3.8) is 0 Å². The van der Waals surface area contributed by atoms with E-state index < -0.39 is 5.82 Å². The highest BCUT2D eigenvalue weighted by Gasteiger charge is 2.13. The Hall–Kier alpha value is -1.83. The molecule has 0 saturated heterocycles. The van der Waals surface area contributed by atoms with E-state index in [4.69, 9.17) is 28.5 Å². The quantitative estimate of drug-likeness (QED) is 0.871. The van der Waals surface area contributed by atoms with Gasteiger partial charge in [-0.1, -0.05) is 30.1 Å². The van der Waals surface area contributed by atoms with Crippen LogP contribution in [0.1, 0.15) is 18.9 Å². The zero-order valence-electron chi connectivity index (χ0n) is 11.3. The molecule has 0 aliphatic heterocycles. The molecule has 6 heteroatoms. The number of hydrogen-bond donors (Lipinski definition) is 1. The Morgan fingerprint density at radius 1 is 1.24 bits per heavy atom. The van der Waals surface area contributed by atoms with Crippen molar-refractivity contribution in [3.8, 4) is 17.3 Å². The van der Waals surface area contributed by atoms with Crippen molar-refractivity contribution in [2.75, 3.05) is 11.9 Å². The first kappa shape index (κ1) is 15.6. The van der Waals surface area contributed by atoms with Crippen molar-refractivity contribution in [2.45, 2.75) is 13.3 Å². The minimum Gasteiger partial charge on any atom is -0.369 e. The van der Waals surface area contributed by atoms with E-state index in [1.165, 1.54) is 12.1 Å². The van der Waals surface area contributed by atoms with Crippen LogP contribution in [0.3, 0.4) is 0 Å². The summed E-state index contributed by atoms with van der Waals surface area (Å²) in [5, 5.41) is 12.7. The SMILES string of the molecule is CCCNc1nc(-c2cc(F)cc(C#N)c2)c(Cl)cc1Cl. The molecule has 0 bridgehead atoms. The average Bonchev–Trinajstić information content (AvgIpc) is 2.45. The van der Waals surface area contributed by atoms with Crippen LogP contribution >= 0.6 is 23.2 Å². The van der Waals surface area contributed by atoms with E-state index >= 15 is 0 Å². The van der Waals surface area contributed by atoms with Crippen molar-refractivity contribution in [2.24, 2.45) is 0 Å². The lowest BCUT2D eigenvalue weighted by Crippen LogP contribution is -2.03. The van der Waals surface area contributed by atoms with Crippen LogP contribution in [0.5, 0.6) is 0 Å². The molecule has 1 heterocycles. The van der Waals surface area contributed by atoms with E-state index in [1.807, 2.05) is 13.0 Å². The number of aromatic nitrogens is 1. The largest absolute Gasteiger partial charge is 0.369 e. The van der Waals surface area contributed by atoms with E-state index in [1.54, 1.807) is 6.07 Å². The third-order valence-corrected chi connectivity index (χ3v) is 3.35. The molecule has 21 heavy (non-hydrogen) atoms. The Morgan fingerprint density at radius 2 is 2.00 bits per heavy atom. The van der Waals surface area contributed by atoms with Crippen LogP contribution in [0.15, 0.2) is 24.3 Å². The van der Waals surface area contributed by atoms with E-state index in [9.17, 15) is 4.39 Å². The molecule has 0 aliphatic rings. The first-order chi connectivity index (χ1) is 10.0. The van der Waals surface area contributed by atoms with E-state index in [0.29, 0.717) is 33.7 Å². The highest BCUT2D eigenvalue weighted by atomic mass is 35.5. The van der Waals surface area contributed by atoms with Gasteiger partial charge < -0.3 is 5.32 Å². The number of nitrogens with one attached hydrogen (secondary N) is 1. The molecule has 0 fully saturated rings. The topological polar surface area (TPSA) is 48.7 Å². The lowest BCUT2D eigenvalue weighted by atomic mass is 10.1. The average molecular weight is 324 g/mol. The molecule has 0 aliphatic carbocycles. The number of anilines is 1. The third kappa shape index (κ3) is 3.63. The maximum atomic E-state index is 13.6. The molecule has 2 rings (SSSR count). The van der Waals surface area contributed by atoms with Crippen LogP contribution in [0.25, 0.3) is 11.3 Å². The molecular formula is C15H12Cl2FN3. The summed E-state index contributed by atoms with van der Waals surface area (Å²) in [5.74, 6) is -0.0272. The zero-order valence-corrected chi connectivity index (χ0v) is 12.8. The summed E-state index contributed by atoms with van der Waals surface area (Å²) in [6, 6.07) is 7.44. The Kier molecular flexibility index (Phi) is 5.00. The highest BCUT2D eigenvalue weighted by molar-refractivity contribution is 6.37. The van der Waals surface area contributed by atoms with Gasteiger partial charge in [0.1, 0.15) is 11.6 Å². The molecule has 0 atom stereocenters. The number of hydrogen-bond acceptors (Lipinski definition) is 3. The fourth-order valence-corrected chi connectivity index (χ4v) is 2.36. The standard InChI is InChI=1S/C15H12Cl2FN3/c1-2-3-20-15-13(17)7-12(16)14(21-15)10-4-9(8-19)5-11(18)6-10/h4-7H,2-3H2,1H3,(H,20,21). The summed E-state index contributed by atoms with van der Waals surface area (Å²) in [5.41, 5.74) is 1.03. The summed E-state index contributed by atoms with van der Waals surface area (Å²) >= 11 is 12.2. The summed E-state index contributed by atoms with van der Waals surface area (Å²) in [7, 11) is 0.